The Bertz CT molecular complexity index is 481. The minimum absolute atomic E-state index is 0.182. The number of hydrogen-bond acceptors (Lipinski definition) is 4. The van der Waals surface area contributed by atoms with E-state index in [-0.39, 0.29) is 5.78 Å². The number of carboxylic acids is 1. The molecule has 2 atom stereocenters. The van der Waals surface area contributed by atoms with Crippen molar-refractivity contribution in [3.63, 3.8) is 0 Å². The molecule has 0 unspecified atom stereocenters. The highest BCUT2D eigenvalue weighted by molar-refractivity contribution is 5.88. The second-order valence-electron chi connectivity index (χ2n) is 4.43. The van der Waals surface area contributed by atoms with Crippen molar-refractivity contribution < 1.29 is 19.4 Å². The molecule has 0 amide bonds. The first-order chi connectivity index (χ1) is 9.49. The average Bonchev–Trinajstić information content (AvgIpc) is 2.42. The highest BCUT2D eigenvalue weighted by Crippen LogP contribution is 2.20. The number of ether oxygens (including phenoxy) is 1. The number of carbonyl (C=O) groups is 2. The zero-order valence-electron chi connectivity index (χ0n) is 11.6. The van der Waals surface area contributed by atoms with E-state index in [1.807, 2.05) is 0 Å². The van der Waals surface area contributed by atoms with Gasteiger partial charge in [-0.05, 0) is 37.6 Å². The van der Waals surface area contributed by atoms with Crippen LogP contribution in [0.25, 0.3) is 0 Å². The normalized spacial score (nSPS) is 13.1. The third kappa shape index (κ3) is 4.12. The lowest BCUT2D eigenvalue weighted by molar-refractivity contribution is -0.141. The van der Waals surface area contributed by atoms with Gasteiger partial charge in [0.15, 0.2) is 0 Å². The molecule has 0 spiro atoms. The molecule has 0 fully saturated rings. The maximum atomic E-state index is 11.6. The molecule has 20 heavy (non-hydrogen) atoms. The van der Waals surface area contributed by atoms with Crippen molar-refractivity contribution in [2.75, 3.05) is 12.4 Å². The van der Waals surface area contributed by atoms with E-state index in [9.17, 15) is 14.7 Å². The Balaban J connectivity index is 2.92. The SMILES string of the molecule is C=CC[C@@H](C(C)=O)[C@H](Nc1ccc(OC)cc1)C(=O)O. The van der Waals surface area contributed by atoms with Gasteiger partial charge in [-0.2, -0.15) is 0 Å². The molecule has 1 aromatic rings. The second-order valence-corrected chi connectivity index (χ2v) is 4.43. The summed E-state index contributed by atoms with van der Waals surface area (Å²) in [6.07, 6.45) is 1.87. The first kappa shape index (κ1) is 15.8. The van der Waals surface area contributed by atoms with Crippen molar-refractivity contribution in [2.45, 2.75) is 19.4 Å². The number of carbonyl (C=O) groups excluding carboxylic acids is 1. The van der Waals surface area contributed by atoms with Gasteiger partial charge in [-0.25, -0.2) is 4.79 Å². The summed E-state index contributed by atoms with van der Waals surface area (Å²) in [5.41, 5.74) is 0.619. The highest BCUT2D eigenvalue weighted by Gasteiger charge is 2.30. The molecular weight excluding hydrogens is 258 g/mol. The minimum atomic E-state index is -1.07. The Kier molecular flexibility index (Phi) is 5.77. The first-order valence-corrected chi connectivity index (χ1v) is 6.24. The largest absolute Gasteiger partial charge is 0.497 e. The Morgan fingerprint density at radius 1 is 1.40 bits per heavy atom. The first-order valence-electron chi connectivity index (χ1n) is 6.24. The van der Waals surface area contributed by atoms with Crippen LogP contribution in [0.5, 0.6) is 5.75 Å². The lowest BCUT2D eigenvalue weighted by atomic mass is 9.92. The third-order valence-corrected chi connectivity index (χ3v) is 3.02. The van der Waals surface area contributed by atoms with E-state index >= 15 is 0 Å². The Labute approximate surface area is 118 Å². The molecule has 0 saturated heterocycles. The van der Waals surface area contributed by atoms with Crippen LogP contribution in [0.15, 0.2) is 36.9 Å². The monoisotopic (exact) mass is 277 g/mol. The summed E-state index contributed by atoms with van der Waals surface area (Å²) in [4.78, 5) is 23.0. The zero-order chi connectivity index (χ0) is 15.1. The standard InChI is InChI=1S/C15H19NO4/c1-4-5-13(10(2)17)14(15(18)19)16-11-6-8-12(20-3)9-7-11/h4,6-9,13-14,16H,1,5H2,2-3H3,(H,18,19)/t13-,14-/m0/s1. The van der Waals surface area contributed by atoms with Crippen molar-refractivity contribution >= 4 is 17.4 Å². The van der Waals surface area contributed by atoms with Crippen LogP contribution in [0.1, 0.15) is 13.3 Å². The summed E-state index contributed by atoms with van der Waals surface area (Å²) in [5.74, 6) is -1.22. The Hall–Kier alpha value is -2.30. The number of hydrogen-bond donors (Lipinski definition) is 2. The molecule has 2 N–H and O–H groups in total. The fraction of sp³-hybridized carbons (Fsp3) is 0.333. The summed E-state index contributed by atoms with van der Waals surface area (Å²) in [5, 5.41) is 12.2. The van der Waals surface area contributed by atoms with Gasteiger partial charge in [0, 0.05) is 5.69 Å². The summed E-state index contributed by atoms with van der Waals surface area (Å²) in [6, 6.07) is 5.87. The number of carboxylic acid groups (broad SMARTS) is 1. The maximum Gasteiger partial charge on any atom is 0.326 e. The Morgan fingerprint density at radius 2 is 2.00 bits per heavy atom. The van der Waals surface area contributed by atoms with E-state index in [4.69, 9.17) is 4.74 Å². The number of nitrogens with one attached hydrogen (secondary N) is 1. The number of benzene rings is 1. The molecule has 0 aliphatic rings. The molecule has 0 bridgehead atoms. The summed E-state index contributed by atoms with van der Waals surface area (Å²) in [6.45, 7) is 4.95. The molecule has 1 rings (SSSR count). The predicted octanol–water partition coefficient (Wildman–Crippen LogP) is 2.34. The smallest absolute Gasteiger partial charge is 0.326 e. The molecule has 5 heteroatoms. The van der Waals surface area contributed by atoms with Gasteiger partial charge in [0.05, 0.1) is 13.0 Å². The van der Waals surface area contributed by atoms with E-state index in [1.54, 1.807) is 37.5 Å². The van der Waals surface area contributed by atoms with E-state index in [0.29, 0.717) is 17.9 Å². The molecule has 0 aliphatic heterocycles. The number of rotatable bonds is 8. The number of anilines is 1. The van der Waals surface area contributed by atoms with Crippen molar-refractivity contribution in [1.82, 2.24) is 0 Å². The van der Waals surface area contributed by atoms with Gasteiger partial charge in [-0.1, -0.05) is 6.08 Å². The highest BCUT2D eigenvalue weighted by atomic mass is 16.5. The number of methoxy groups -OCH3 is 1. The minimum Gasteiger partial charge on any atom is -0.497 e. The molecule has 0 aliphatic carbocycles. The molecule has 1 aromatic carbocycles. The average molecular weight is 277 g/mol. The summed E-state index contributed by atoms with van der Waals surface area (Å²) >= 11 is 0. The Morgan fingerprint density at radius 3 is 2.40 bits per heavy atom. The van der Waals surface area contributed by atoms with Crippen LogP contribution in [0.4, 0.5) is 5.69 Å². The molecular formula is C15H19NO4. The molecule has 5 nitrogen and oxygen atoms in total. The van der Waals surface area contributed by atoms with Crippen molar-refractivity contribution in [3.05, 3.63) is 36.9 Å². The lowest BCUT2D eigenvalue weighted by Gasteiger charge is -2.22. The van der Waals surface area contributed by atoms with Crippen LogP contribution in [0, 0.1) is 5.92 Å². The van der Waals surface area contributed by atoms with Crippen LogP contribution in [-0.2, 0) is 9.59 Å². The fourth-order valence-electron chi connectivity index (χ4n) is 1.92. The van der Waals surface area contributed by atoms with Crippen molar-refractivity contribution in [2.24, 2.45) is 5.92 Å². The van der Waals surface area contributed by atoms with Gasteiger partial charge in [0.2, 0.25) is 0 Å². The summed E-state index contributed by atoms with van der Waals surface area (Å²) < 4.78 is 5.03. The van der Waals surface area contributed by atoms with Crippen LogP contribution >= 0.6 is 0 Å². The van der Waals surface area contributed by atoms with E-state index in [1.165, 1.54) is 6.92 Å². The van der Waals surface area contributed by atoms with Crippen molar-refractivity contribution in [1.29, 1.82) is 0 Å². The maximum absolute atomic E-state index is 11.6. The van der Waals surface area contributed by atoms with E-state index < -0.39 is 17.9 Å². The summed E-state index contributed by atoms with van der Waals surface area (Å²) in [7, 11) is 1.55. The third-order valence-electron chi connectivity index (χ3n) is 3.02. The van der Waals surface area contributed by atoms with E-state index in [2.05, 4.69) is 11.9 Å². The molecule has 0 aromatic heterocycles. The molecule has 0 heterocycles. The second kappa shape index (κ2) is 7.33. The topological polar surface area (TPSA) is 75.6 Å². The quantitative estimate of drug-likeness (QED) is 0.713. The van der Waals surface area contributed by atoms with Gasteiger partial charge in [0.1, 0.15) is 17.6 Å². The fourth-order valence-corrected chi connectivity index (χ4v) is 1.92. The van der Waals surface area contributed by atoms with Crippen LogP contribution < -0.4 is 10.1 Å². The molecule has 0 saturated carbocycles. The molecule has 108 valence electrons. The van der Waals surface area contributed by atoms with Crippen LogP contribution in [0.3, 0.4) is 0 Å². The van der Waals surface area contributed by atoms with Gasteiger partial charge < -0.3 is 15.2 Å². The van der Waals surface area contributed by atoms with Gasteiger partial charge in [-0.15, -0.1) is 6.58 Å². The van der Waals surface area contributed by atoms with Gasteiger partial charge >= 0.3 is 5.97 Å². The van der Waals surface area contributed by atoms with Crippen molar-refractivity contribution in [3.8, 4) is 5.75 Å². The predicted molar refractivity (Wildman–Crippen MR) is 77.0 cm³/mol. The number of Topliss-reactive ketones (excluding diaryl/α,β-unsaturated/α-hetero) is 1. The zero-order valence-corrected chi connectivity index (χ0v) is 11.6. The number of ketones is 1. The van der Waals surface area contributed by atoms with Crippen LogP contribution in [-0.4, -0.2) is 30.0 Å². The van der Waals surface area contributed by atoms with Gasteiger partial charge in [-0.3, -0.25) is 4.79 Å². The lowest BCUT2D eigenvalue weighted by Crippen LogP contribution is -2.40. The molecule has 0 radical (unpaired) electrons. The number of aliphatic carboxylic acids is 1. The van der Waals surface area contributed by atoms with Gasteiger partial charge in [0.25, 0.3) is 0 Å². The van der Waals surface area contributed by atoms with E-state index in [0.717, 1.165) is 0 Å². The van der Waals surface area contributed by atoms with Crippen LogP contribution in [0.2, 0.25) is 0 Å². The number of allylic oxidation sites excluding steroid dienone is 1.